The van der Waals surface area contributed by atoms with Crippen LogP contribution >= 0.6 is 0 Å². The monoisotopic (exact) mass is 395 g/mol. The predicted octanol–water partition coefficient (Wildman–Crippen LogP) is 2.33. The van der Waals surface area contributed by atoms with Crippen molar-refractivity contribution in [2.45, 2.75) is 45.1 Å². The van der Waals surface area contributed by atoms with Crippen LogP contribution in [0.4, 0.5) is 5.69 Å². The van der Waals surface area contributed by atoms with Crippen LogP contribution < -0.4 is 10.2 Å². The van der Waals surface area contributed by atoms with Crippen LogP contribution in [0.25, 0.3) is 0 Å². The van der Waals surface area contributed by atoms with E-state index in [1.165, 1.54) is 30.8 Å². The Hall–Kier alpha value is -2.57. The molecule has 1 aromatic carbocycles. The van der Waals surface area contributed by atoms with Gasteiger partial charge in [-0.15, -0.1) is 10.2 Å². The number of hydrogen-bond acceptors (Lipinski definition) is 4. The molecule has 0 spiro atoms. The molecule has 156 valence electrons. The average molecular weight is 396 g/mol. The first kappa shape index (κ1) is 19.7. The molecular weight excluding hydrogens is 362 g/mol. The summed E-state index contributed by atoms with van der Waals surface area (Å²) in [6.07, 6.45) is 6.89. The second-order valence-electron chi connectivity index (χ2n) is 7.88. The fraction of sp³-hybridized carbons (Fsp3) is 0.591. The fourth-order valence-electron chi connectivity index (χ4n) is 4.32. The first-order valence-corrected chi connectivity index (χ1v) is 11.0. The van der Waals surface area contributed by atoms with Gasteiger partial charge in [-0.1, -0.05) is 24.6 Å². The molecule has 1 N–H and O–H groups in total. The third kappa shape index (κ3) is 4.89. The van der Waals surface area contributed by atoms with Crippen LogP contribution in [-0.4, -0.2) is 65.4 Å². The third-order valence-corrected chi connectivity index (χ3v) is 5.96. The van der Waals surface area contributed by atoms with E-state index in [4.69, 9.17) is 0 Å². The van der Waals surface area contributed by atoms with Gasteiger partial charge in [-0.3, -0.25) is 4.99 Å². The van der Waals surface area contributed by atoms with E-state index >= 15 is 0 Å². The van der Waals surface area contributed by atoms with Crippen LogP contribution in [0.2, 0.25) is 0 Å². The molecule has 1 aromatic heterocycles. The van der Waals surface area contributed by atoms with Gasteiger partial charge in [-0.25, -0.2) is 0 Å². The summed E-state index contributed by atoms with van der Waals surface area (Å²) in [5.74, 6) is 3.34. The molecule has 2 aliphatic heterocycles. The Morgan fingerprint density at radius 1 is 1.00 bits per heavy atom. The number of nitrogens with one attached hydrogen (secondary N) is 1. The molecule has 0 amide bonds. The highest BCUT2D eigenvalue weighted by Crippen LogP contribution is 2.16. The molecular formula is C22H33N7. The van der Waals surface area contributed by atoms with Crippen molar-refractivity contribution in [1.82, 2.24) is 25.0 Å². The number of aryl methyl sites for hydroxylation is 2. The van der Waals surface area contributed by atoms with Crippen LogP contribution in [0.3, 0.4) is 0 Å². The van der Waals surface area contributed by atoms with E-state index in [0.717, 1.165) is 70.3 Å². The number of fused-ring (bicyclic) bond motifs is 1. The first-order valence-electron chi connectivity index (χ1n) is 11.0. The second kappa shape index (κ2) is 9.76. The zero-order chi connectivity index (χ0) is 19.9. The number of nitrogens with zero attached hydrogens (tertiary/aromatic N) is 6. The highest BCUT2D eigenvalue weighted by atomic mass is 15.3. The molecule has 1 fully saturated rings. The Labute approximate surface area is 173 Å². The predicted molar refractivity (Wildman–Crippen MR) is 117 cm³/mol. The van der Waals surface area contributed by atoms with E-state index < -0.39 is 0 Å². The normalized spacial score (nSPS) is 17.8. The van der Waals surface area contributed by atoms with Gasteiger partial charge in [-0.2, -0.15) is 0 Å². The summed E-state index contributed by atoms with van der Waals surface area (Å²) < 4.78 is 2.35. The van der Waals surface area contributed by atoms with Crippen molar-refractivity contribution in [2.24, 2.45) is 4.99 Å². The van der Waals surface area contributed by atoms with Crippen molar-refractivity contribution in [2.75, 3.05) is 44.7 Å². The van der Waals surface area contributed by atoms with Crippen LogP contribution in [-0.2, 0) is 19.4 Å². The number of piperazine rings is 1. The van der Waals surface area contributed by atoms with E-state index in [9.17, 15) is 0 Å². The molecule has 29 heavy (non-hydrogen) atoms. The van der Waals surface area contributed by atoms with Crippen LogP contribution in [0.15, 0.2) is 35.3 Å². The molecule has 0 unspecified atom stereocenters. The van der Waals surface area contributed by atoms with Crippen LogP contribution in [0, 0.1) is 0 Å². The molecule has 2 aromatic rings. The summed E-state index contributed by atoms with van der Waals surface area (Å²) in [6.45, 7) is 6.03. The number of rotatable bonds is 5. The van der Waals surface area contributed by atoms with Crippen molar-refractivity contribution in [3.63, 3.8) is 0 Å². The lowest BCUT2D eigenvalue weighted by molar-refractivity contribution is 0.372. The zero-order valence-corrected chi connectivity index (χ0v) is 17.6. The summed E-state index contributed by atoms with van der Waals surface area (Å²) in [7, 11) is 1.88. The Morgan fingerprint density at radius 2 is 1.83 bits per heavy atom. The Morgan fingerprint density at radius 3 is 2.62 bits per heavy atom. The molecule has 0 aliphatic carbocycles. The molecule has 4 rings (SSSR count). The topological polar surface area (TPSA) is 61.6 Å². The summed E-state index contributed by atoms with van der Waals surface area (Å²) in [6, 6.07) is 10.7. The third-order valence-electron chi connectivity index (χ3n) is 5.96. The minimum absolute atomic E-state index is 0.910. The molecule has 2 aliphatic rings. The maximum absolute atomic E-state index is 4.51. The standard InChI is InChI=1S/C22H33N7/c1-23-22(28-17-15-27(16-18-28)19-9-4-2-5-10-19)24-13-8-12-21-26-25-20-11-6-3-7-14-29(20)21/h2,4-5,9-10H,3,6-8,11-18H2,1H3,(H,23,24). The first-order chi connectivity index (χ1) is 14.3. The zero-order valence-electron chi connectivity index (χ0n) is 17.6. The minimum Gasteiger partial charge on any atom is -0.368 e. The molecule has 7 heteroatoms. The summed E-state index contributed by atoms with van der Waals surface area (Å²) in [5, 5.41) is 12.4. The van der Waals surface area contributed by atoms with E-state index in [-0.39, 0.29) is 0 Å². The summed E-state index contributed by atoms with van der Waals surface area (Å²) in [4.78, 5) is 9.32. The number of guanidine groups is 1. The van der Waals surface area contributed by atoms with Gasteiger partial charge < -0.3 is 19.7 Å². The Balaban J connectivity index is 1.22. The quantitative estimate of drug-likeness (QED) is 0.478. The van der Waals surface area contributed by atoms with Crippen molar-refractivity contribution < 1.29 is 0 Å². The van der Waals surface area contributed by atoms with Gasteiger partial charge in [0.25, 0.3) is 0 Å². The van der Waals surface area contributed by atoms with E-state index in [2.05, 4.69) is 65.2 Å². The molecule has 0 atom stereocenters. The van der Waals surface area contributed by atoms with Gasteiger partial charge in [-0.05, 0) is 31.4 Å². The van der Waals surface area contributed by atoms with E-state index in [0.29, 0.717) is 0 Å². The lowest BCUT2D eigenvalue weighted by Gasteiger charge is -2.37. The van der Waals surface area contributed by atoms with E-state index in [1.54, 1.807) is 0 Å². The smallest absolute Gasteiger partial charge is 0.193 e. The van der Waals surface area contributed by atoms with Crippen LogP contribution in [0.5, 0.6) is 0 Å². The maximum Gasteiger partial charge on any atom is 0.193 e. The summed E-state index contributed by atoms with van der Waals surface area (Å²) in [5.41, 5.74) is 1.31. The largest absolute Gasteiger partial charge is 0.368 e. The Bertz CT molecular complexity index is 791. The minimum atomic E-state index is 0.910. The van der Waals surface area contributed by atoms with Crippen molar-refractivity contribution in [1.29, 1.82) is 0 Å². The number of hydrogen-bond donors (Lipinski definition) is 1. The van der Waals surface area contributed by atoms with Gasteiger partial charge in [0.05, 0.1) is 0 Å². The van der Waals surface area contributed by atoms with Gasteiger partial charge >= 0.3 is 0 Å². The van der Waals surface area contributed by atoms with Gasteiger partial charge in [0.2, 0.25) is 0 Å². The number of para-hydroxylation sites is 1. The number of anilines is 1. The highest BCUT2D eigenvalue weighted by molar-refractivity contribution is 5.80. The molecule has 7 nitrogen and oxygen atoms in total. The van der Waals surface area contributed by atoms with Crippen LogP contribution in [0.1, 0.15) is 37.3 Å². The van der Waals surface area contributed by atoms with Gasteiger partial charge in [0.1, 0.15) is 11.6 Å². The van der Waals surface area contributed by atoms with Gasteiger partial charge in [0.15, 0.2) is 5.96 Å². The molecule has 0 saturated carbocycles. The molecule has 0 bridgehead atoms. The van der Waals surface area contributed by atoms with Gasteiger partial charge in [0, 0.05) is 64.8 Å². The lowest BCUT2D eigenvalue weighted by Crippen LogP contribution is -2.52. The maximum atomic E-state index is 4.51. The number of aromatic nitrogens is 3. The van der Waals surface area contributed by atoms with Crippen molar-refractivity contribution in [3.05, 3.63) is 42.0 Å². The molecule has 0 radical (unpaired) electrons. The molecule has 1 saturated heterocycles. The Kier molecular flexibility index (Phi) is 6.64. The van der Waals surface area contributed by atoms with Crippen molar-refractivity contribution in [3.8, 4) is 0 Å². The lowest BCUT2D eigenvalue weighted by atomic mass is 10.2. The number of aliphatic imine (C=N–C) groups is 1. The fourth-order valence-corrected chi connectivity index (χ4v) is 4.32. The SMILES string of the molecule is CN=C(NCCCc1nnc2n1CCCCC2)N1CCN(c2ccccc2)CC1. The summed E-state index contributed by atoms with van der Waals surface area (Å²) >= 11 is 0. The van der Waals surface area contributed by atoms with Crippen molar-refractivity contribution >= 4 is 11.6 Å². The average Bonchev–Trinajstić information content (AvgIpc) is 3.00. The highest BCUT2D eigenvalue weighted by Gasteiger charge is 2.20. The second-order valence-corrected chi connectivity index (χ2v) is 7.88. The molecule has 3 heterocycles. The number of benzene rings is 1. The van der Waals surface area contributed by atoms with E-state index in [1.807, 2.05) is 7.05 Å².